The summed E-state index contributed by atoms with van der Waals surface area (Å²) in [6.45, 7) is 6.01. The third kappa shape index (κ3) is 2.47. The van der Waals surface area contributed by atoms with Crippen LogP contribution in [-0.4, -0.2) is 6.54 Å². The van der Waals surface area contributed by atoms with Gasteiger partial charge in [0.2, 0.25) is 0 Å². The van der Waals surface area contributed by atoms with Gasteiger partial charge in [-0.3, -0.25) is 0 Å². The first-order valence-electron chi connectivity index (χ1n) is 4.80. The van der Waals surface area contributed by atoms with E-state index in [0.29, 0.717) is 18.5 Å². The number of rotatable bonds is 4. The molecule has 82 valence electrons. The normalized spacial score (nSPS) is 14.7. The molecule has 1 atom stereocenters. The molecular formula is C12H15BrFN. The van der Waals surface area contributed by atoms with Crippen molar-refractivity contribution in [3.05, 3.63) is 46.7 Å². The summed E-state index contributed by atoms with van der Waals surface area (Å²) >= 11 is 3.36. The Hall–Kier alpha value is -0.670. The number of halogens is 2. The van der Waals surface area contributed by atoms with E-state index in [-0.39, 0.29) is 5.82 Å². The molecule has 1 aromatic carbocycles. The molecule has 1 nitrogen and oxygen atoms in total. The lowest BCUT2D eigenvalue weighted by Gasteiger charge is -2.28. The average molecular weight is 272 g/mol. The molecule has 1 unspecified atom stereocenters. The number of hydrogen-bond acceptors (Lipinski definition) is 1. The fourth-order valence-corrected chi connectivity index (χ4v) is 2.50. The molecule has 3 heteroatoms. The van der Waals surface area contributed by atoms with E-state index in [1.165, 1.54) is 6.07 Å². The maximum absolute atomic E-state index is 13.7. The second-order valence-electron chi connectivity index (χ2n) is 3.85. The predicted molar refractivity (Wildman–Crippen MR) is 65.3 cm³/mol. The topological polar surface area (TPSA) is 26.0 Å². The molecule has 0 bridgehead atoms. The van der Waals surface area contributed by atoms with Gasteiger partial charge in [0, 0.05) is 22.0 Å². The molecule has 0 saturated carbocycles. The average Bonchev–Trinajstić information content (AvgIpc) is 2.18. The molecule has 1 aromatic rings. The van der Waals surface area contributed by atoms with E-state index in [1.54, 1.807) is 12.1 Å². The summed E-state index contributed by atoms with van der Waals surface area (Å²) in [5.41, 5.74) is 5.96. The first kappa shape index (κ1) is 12.4. The van der Waals surface area contributed by atoms with Gasteiger partial charge in [0.05, 0.1) is 0 Å². The van der Waals surface area contributed by atoms with Crippen LogP contribution in [0, 0.1) is 5.82 Å². The molecule has 0 heterocycles. The van der Waals surface area contributed by atoms with E-state index in [0.717, 1.165) is 4.47 Å². The lowest BCUT2D eigenvalue weighted by Crippen LogP contribution is -2.32. The lowest BCUT2D eigenvalue weighted by molar-refractivity contribution is 0.455. The molecule has 0 radical (unpaired) electrons. The summed E-state index contributed by atoms with van der Waals surface area (Å²) < 4.78 is 14.5. The van der Waals surface area contributed by atoms with Crippen LogP contribution in [0.5, 0.6) is 0 Å². The molecule has 0 aliphatic carbocycles. The van der Waals surface area contributed by atoms with Gasteiger partial charge in [-0.15, -0.1) is 6.58 Å². The van der Waals surface area contributed by atoms with E-state index < -0.39 is 5.41 Å². The Kier molecular flexibility index (Phi) is 4.05. The second-order valence-corrected chi connectivity index (χ2v) is 4.71. The third-order valence-corrected chi connectivity index (χ3v) is 3.27. The van der Waals surface area contributed by atoms with Gasteiger partial charge >= 0.3 is 0 Å². The molecule has 0 aliphatic heterocycles. The van der Waals surface area contributed by atoms with Crippen molar-refractivity contribution in [2.45, 2.75) is 18.8 Å². The highest BCUT2D eigenvalue weighted by molar-refractivity contribution is 9.10. The van der Waals surface area contributed by atoms with E-state index in [4.69, 9.17) is 5.73 Å². The van der Waals surface area contributed by atoms with Gasteiger partial charge in [0.1, 0.15) is 5.82 Å². The lowest BCUT2D eigenvalue weighted by atomic mass is 9.79. The zero-order valence-electron chi connectivity index (χ0n) is 8.76. The monoisotopic (exact) mass is 271 g/mol. The predicted octanol–water partition coefficient (Wildman–Crippen LogP) is 3.38. The zero-order valence-corrected chi connectivity index (χ0v) is 10.3. The Morgan fingerprint density at radius 2 is 2.27 bits per heavy atom. The van der Waals surface area contributed by atoms with Gasteiger partial charge < -0.3 is 5.73 Å². The highest BCUT2D eigenvalue weighted by Crippen LogP contribution is 2.34. The first-order chi connectivity index (χ1) is 7.05. The van der Waals surface area contributed by atoms with Gasteiger partial charge in [-0.05, 0) is 18.6 Å². The zero-order chi connectivity index (χ0) is 11.5. The molecule has 0 fully saturated rings. The fraction of sp³-hybridized carbons (Fsp3) is 0.333. The SMILES string of the molecule is C=CCC(C)(CN)c1c(F)cccc1Br. The third-order valence-electron chi connectivity index (χ3n) is 2.61. The summed E-state index contributed by atoms with van der Waals surface area (Å²) in [5, 5.41) is 0. The molecule has 15 heavy (non-hydrogen) atoms. The van der Waals surface area contributed by atoms with Crippen LogP contribution < -0.4 is 5.73 Å². The van der Waals surface area contributed by atoms with Gasteiger partial charge in [0.25, 0.3) is 0 Å². The van der Waals surface area contributed by atoms with Crippen LogP contribution >= 0.6 is 15.9 Å². The van der Waals surface area contributed by atoms with E-state index in [1.807, 2.05) is 13.0 Å². The van der Waals surface area contributed by atoms with Crippen molar-refractivity contribution in [3.8, 4) is 0 Å². The number of hydrogen-bond donors (Lipinski definition) is 1. The summed E-state index contributed by atoms with van der Waals surface area (Å²) in [6.07, 6.45) is 2.43. The van der Waals surface area contributed by atoms with Gasteiger partial charge in [-0.2, -0.15) is 0 Å². The largest absolute Gasteiger partial charge is 0.330 e. The molecular weight excluding hydrogens is 257 g/mol. The Labute approximate surface area is 98.3 Å². The van der Waals surface area contributed by atoms with Crippen molar-refractivity contribution in [1.82, 2.24) is 0 Å². The van der Waals surface area contributed by atoms with Crippen LogP contribution in [-0.2, 0) is 5.41 Å². The maximum Gasteiger partial charge on any atom is 0.128 e. The van der Waals surface area contributed by atoms with Crippen LogP contribution in [0.4, 0.5) is 4.39 Å². The molecule has 2 N–H and O–H groups in total. The Morgan fingerprint density at radius 1 is 1.60 bits per heavy atom. The molecule has 0 spiro atoms. The molecule has 0 amide bonds. The van der Waals surface area contributed by atoms with Gasteiger partial charge in [-0.1, -0.05) is 35.0 Å². The number of benzene rings is 1. The van der Waals surface area contributed by atoms with Crippen molar-refractivity contribution in [2.24, 2.45) is 5.73 Å². The molecule has 0 aromatic heterocycles. The van der Waals surface area contributed by atoms with E-state index in [9.17, 15) is 4.39 Å². The van der Waals surface area contributed by atoms with Gasteiger partial charge in [0.15, 0.2) is 0 Å². The minimum atomic E-state index is -0.397. The Morgan fingerprint density at radius 3 is 2.73 bits per heavy atom. The molecule has 1 rings (SSSR count). The number of allylic oxidation sites excluding steroid dienone is 1. The van der Waals surface area contributed by atoms with Crippen molar-refractivity contribution < 1.29 is 4.39 Å². The van der Waals surface area contributed by atoms with Crippen LogP contribution in [0.15, 0.2) is 35.3 Å². The highest BCUT2D eigenvalue weighted by Gasteiger charge is 2.28. The summed E-state index contributed by atoms with van der Waals surface area (Å²) in [6, 6.07) is 4.96. The van der Waals surface area contributed by atoms with Crippen molar-refractivity contribution in [1.29, 1.82) is 0 Å². The fourth-order valence-electron chi connectivity index (χ4n) is 1.68. The van der Waals surface area contributed by atoms with Crippen LogP contribution in [0.3, 0.4) is 0 Å². The highest BCUT2D eigenvalue weighted by atomic mass is 79.9. The van der Waals surface area contributed by atoms with Crippen molar-refractivity contribution in [2.75, 3.05) is 6.54 Å². The first-order valence-corrected chi connectivity index (χ1v) is 5.60. The minimum absolute atomic E-state index is 0.223. The summed E-state index contributed by atoms with van der Waals surface area (Å²) in [5.74, 6) is -0.223. The summed E-state index contributed by atoms with van der Waals surface area (Å²) in [4.78, 5) is 0. The van der Waals surface area contributed by atoms with Crippen LogP contribution in [0.2, 0.25) is 0 Å². The van der Waals surface area contributed by atoms with Crippen LogP contribution in [0.1, 0.15) is 18.9 Å². The molecule has 0 aliphatic rings. The Bertz CT molecular complexity index is 344. The quantitative estimate of drug-likeness (QED) is 0.835. The Balaban J connectivity index is 3.28. The van der Waals surface area contributed by atoms with Gasteiger partial charge in [-0.25, -0.2) is 4.39 Å². The van der Waals surface area contributed by atoms with Crippen molar-refractivity contribution in [3.63, 3.8) is 0 Å². The maximum atomic E-state index is 13.7. The van der Waals surface area contributed by atoms with E-state index in [2.05, 4.69) is 22.5 Å². The van der Waals surface area contributed by atoms with E-state index >= 15 is 0 Å². The standard InChI is InChI=1S/C12H15BrFN/c1-3-7-12(2,8-15)11-9(13)5-4-6-10(11)14/h3-6H,1,7-8,15H2,2H3. The second kappa shape index (κ2) is 4.90. The molecule has 0 saturated heterocycles. The smallest absolute Gasteiger partial charge is 0.128 e. The minimum Gasteiger partial charge on any atom is -0.330 e. The van der Waals surface area contributed by atoms with Crippen LogP contribution in [0.25, 0.3) is 0 Å². The summed E-state index contributed by atoms with van der Waals surface area (Å²) in [7, 11) is 0. The van der Waals surface area contributed by atoms with Crippen molar-refractivity contribution >= 4 is 15.9 Å². The number of nitrogens with two attached hydrogens (primary N) is 1.